The third kappa shape index (κ3) is 3.55. The van der Waals surface area contributed by atoms with Gasteiger partial charge in [-0.1, -0.05) is 12.7 Å². The van der Waals surface area contributed by atoms with Crippen LogP contribution >= 0.6 is 0 Å². The van der Waals surface area contributed by atoms with Gasteiger partial charge < -0.3 is 9.84 Å². The zero-order valence-electron chi connectivity index (χ0n) is 6.53. The van der Waals surface area contributed by atoms with Gasteiger partial charge in [-0.15, -0.1) is 6.58 Å². The minimum absolute atomic E-state index is 0.309. The first-order valence-electron chi connectivity index (χ1n) is 3.27. The number of carbonyl (C=O) groups is 2. The zero-order chi connectivity index (χ0) is 9.56. The lowest BCUT2D eigenvalue weighted by molar-refractivity contribution is -0.147. The summed E-state index contributed by atoms with van der Waals surface area (Å²) in [4.78, 5) is 21.1. The molecule has 0 bridgehead atoms. The summed E-state index contributed by atoms with van der Waals surface area (Å²) in [7, 11) is 0. The predicted octanol–water partition coefficient (Wildman–Crippen LogP) is 0.950. The molecule has 0 aliphatic rings. The minimum Gasteiger partial charge on any atom is -0.481 e. The van der Waals surface area contributed by atoms with Gasteiger partial charge in [0.05, 0.1) is 18.6 Å². The van der Waals surface area contributed by atoms with Gasteiger partial charge in [0, 0.05) is 0 Å². The minimum atomic E-state index is -1.07. The van der Waals surface area contributed by atoms with Crippen LogP contribution in [0.4, 0.5) is 0 Å². The number of hydrogen-bond donors (Lipinski definition) is 1. The van der Waals surface area contributed by atoms with Crippen molar-refractivity contribution in [3.63, 3.8) is 0 Å². The summed E-state index contributed by atoms with van der Waals surface area (Å²) in [5, 5.41) is 8.35. The summed E-state index contributed by atoms with van der Waals surface area (Å²) < 4.78 is 4.39. The largest absolute Gasteiger partial charge is 0.481 e. The molecular weight excluding hydrogens is 160 g/mol. The molecule has 66 valence electrons. The zero-order valence-corrected chi connectivity index (χ0v) is 6.53. The van der Waals surface area contributed by atoms with Crippen LogP contribution in [-0.2, 0) is 14.3 Å². The van der Waals surface area contributed by atoms with E-state index in [0.29, 0.717) is 0 Å². The average molecular weight is 170 g/mol. The molecule has 0 aromatic carbocycles. The van der Waals surface area contributed by atoms with E-state index < -0.39 is 17.9 Å². The maximum atomic E-state index is 10.9. The van der Waals surface area contributed by atoms with Gasteiger partial charge in [0.25, 0.3) is 0 Å². The van der Waals surface area contributed by atoms with Gasteiger partial charge >= 0.3 is 11.9 Å². The van der Waals surface area contributed by atoms with E-state index in [0.717, 1.165) is 6.26 Å². The Kier molecular flexibility index (Phi) is 4.45. The molecular formula is C8H10O4. The highest BCUT2D eigenvalue weighted by Gasteiger charge is 2.18. The lowest BCUT2D eigenvalue weighted by atomic mass is 10.1. The third-order valence-electron chi connectivity index (χ3n) is 1.18. The topological polar surface area (TPSA) is 63.6 Å². The van der Waals surface area contributed by atoms with Crippen molar-refractivity contribution in [2.75, 3.05) is 0 Å². The molecule has 0 aromatic rings. The summed E-state index contributed by atoms with van der Waals surface area (Å²) in [5.41, 5.74) is 0. The Morgan fingerprint density at radius 2 is 2.08 bits per heavy atom. The van der Waals surface area contributed by atoms with E-state index >= 15 is 0 Å². The molecule has 0 saturated heterocycles. The van der Waals surface area contributed by atoms with Crippen molar-refractivity contribution in [2.45, 2.75) is 6.42 Å². The van der Waals surface area contributed by atoms with Crippen LogP contribution < -0.4 is 0 Å². The van der Waals surface area contributed by atoms with Crippen LogP contribution in [0, 0.1) is 5.92 Å². The van der Waals surface area contributed by atoms with Gasteiger partial charge in [-0.3, -0.25) is 9.59 Å². The van der Waals surface area contributed by atoms with Crippen LogP contribution in [0.25, 0.3) is 0 Å². The van der Waals surface area contributed by atoms with E-state index in [9.17, 15) is 9.59 Å². The lowest BCUT2D eigenvalue weighted by Gasteiger charge is -2.05. The Labute approximate surface area is 70.1 Å². The van der Waals surface area contributed by atoms with E-state index in [-0.39, 0.29) is 6.42 Å². The van der Waals surface area contributed by atoms with Gasteiger partial charge in [0.15, 0.2) is 0 Å². The fraction of sp³-hybridized carbons (Fsp3) is 0.250. The van der Waals surface area contributed by atoms with E-state index in [4.69, 9.17) is 5.11 Å². The number of ether oxygens (including phenoxy) is 1. The Bertz CT molecular complexity index is 207. The predicted molar refractivity (Wildman–Crippen MR) is 42.2 cm³/mol. The number of hydrogen-bond acceptors (Lipinski definition) is 3. The second-order valence-electron chi connectivity index (χ2n) is 2.04. The molecule has 0 fully saturated rings. The molecule has 0 spiro atoms. The molecule has 1 unspecified atom stereocenters. The van der Waals surface area contributed by atoms with Crippen molar-refractivity contribution in [2.24, 2.45) is 5.92 Å². The van der Waals surface area contributed by atoms with Crippen molar-refractivity contribution in [3.8, 4) is 0 Å². The van der Waals surface area contributed by atoms with Gasteiger partial charge in [0.1, 0.15) is 0 Å². The van der Waals surface area contributed by atoms with Crippen LogP contribution in [0.2, 0.25) is 0 Å². The molecule has 4 nitrogen and oxygen atoms in total. The number of carboxylic acid groups (broad SMARTS) is 1. The van der Waals surface area contributed by atoms with Crippen molar-refractivity contribution in [1.29, 1.82) is 0 Å². The second-order valence-corrected chi connectivity index (χ2v) is 2.04. The first kappa shape index (κ1) is 10.4. The molecule has 0 radical (unpaired) electrons. The fourth-order valence-corrected chi connectivity index (χ4v) is 0.621. The summed E-state index contributed by atoms with van der Waals surface area (Å²) >= 11 is 0. The molecule has 0 heterocycles. The van der Waals surface area contributed by atoms with Crippen molar-refractivity contribution in [3.05, 3.63) is 25.5 Å². The quantitative estimate of drug-likeness (QED) is 0.379. The summed E-state index contributed by atoms with van der Waals surface area (Å²) in [6.45, 7) is 6.49. The van der Waals surface area contributed by atoms with Gasteiger partial charge in [-0.2, -0.15) is 0 Å². The Hall–Kier alpha value is -1.58. The van der Waals surface area contributed by atoms with E-state index in [1.165, 1.54) is 6.08 Å². The molecule has 4 heteroatoms. The highest BCUT2D eigenvalue weighted by molar-refractivity contribution is 5.80. The maximum Gasteiger partial charge on any atom is 0.318 e. The first-order valence-corrected chi connectivity index (χ1v) is 3.27. The average Bonchev–Trinajstić information content (AvgIpc) is 2.00. The molecule has 0 aromatic heterocycles. The molecule has 0 saturated carbocycles. The summed E-state index contributed by atoms with van der Waals surface area (Å²) in [6, 6.07) is 0. The molecule has 0 amide bonds. The monoisotopic (exact) mass is 170 g/mol. The highest BCUT2D eigenvalue weighted by Crippen LogP contribution is 2.06. The number of carbonyl (C=O) groups excluding carboxylic acids is 1. The summed E-state index contributed by atoms with van der Waals surface area (Å²) in [6.07, 6.45) is 1.89. The molecule has 1 atom stereocenters. The maximum absolute atomic E-state index is 10.9. The van der Waals surface area contributed by atoms with Crippen molar-refractivity contribution in [1.82, 2.24) is 0 Å². The second kappa shape index (κ2) is 5.12. The summed E-state index contributed by atoms with van der Waals surface area (Å²) in [5.74, 6) is -2.52. The molecule has 0 aliphatic heterocycles. The van der Waals surface area contributed by atoms with E-state index in [1.807, 2.05) is 0 Å². The Balaban J connectivity index is 4.13. The highest BCUT2D eigenvalue weighted by atomic mass is 16.5. The first-order chi connectivity index (χ1) is 5.61. The van der Waals surface area contributed by atoms with E-state index in [1.54, 1.807) is 0 Å². The molecule has 12 heavy (non-hydrogen) atoms. The van der Waals surface area contributed by atoms with Crippen molar-refractivity contribution < 1.29 is 19.4 Å². The van der Waals surface area contributed by atoms with Gasteiger partial charge in [-0.25, -0.2) is 0 Å². The Morgan fingerprint density at radius 3 is 2.42 bits per heavy atom. The van der Waals surface area contributed by atoms with Crippen LogP contribution in [0.15, 0.2) is 25.5 Å². The number of esters is 1. The van der Waals surface area contributed by atoms with Crippen LogP contribution in [-0.4, -0.2) is 17.0 Å². The van der Waals surface area contributed by atoms with Crippen molar-refractivity contribution >= 4 is 11.9 Å². The number of rotatable bonds is 5. The van der Waals surface area contributed by atoms with Crippen LogP contribution in [0.5, 0.6) is 0 Å². The molecule has 0 rings (SSSR count). The molecule has 0 aliphatic carbocycles. The normalized spacial score (nSPS) is 11.3. The van der Waals surface area contributed by atoms with Gasteiger partial charge in [-0.05, 0) is 0 Å². The van der Waals surface area contributed by atoms with Crippen LogP contribution in [0.3, 0.4) is 0 Å². The SMILES string of the molecule is C=COC(=O)C(C=C)CC(=O)O. The standard InChI is InChI=1S/C8H10O4/c1-3-6(5-7(9)10)8(11)12-4-2/h3-4,6H,1-2,5H2,(H,9,10). The number of carboxylic acids is 1. The third-order valence-corrected chi connectivity index (χ3v) is 1.18. The Morgan fingerprint density at radius 1 is 1.50 bits per heavy atom. The fourth-order valence-electron chi connectivity index (χ4n) is 0.621. The smallest absolute Gasteiger partial charge is 0.318 e. The van der Waals surface area contributed by atoms with Gasteiger partial charge in [0.2, 0.25) is 0 Å². The van der Waals surface area contributed by atoms with Crippen LogP contribution in [0.1, 0.15) is 6.42 Å². The van der Waals surface area contributed by atoms with E-state index in [2.05, 4.69) is 17.9 Å². The number of aliphatic carboxylic acids is 1. The lowest BCUT2D eigenvalue weighted by Crippen LogP contribution is -2.16. The molecule has 1 N–H and O–H groups in total.